The summed E-state index contributed by atoms with van der Waals surface area (Å²) < 4.78 is 2.02. The number of imidazole rings is 1. The lowest BCUT2D eigenvalue weighted by atomic mass is 9.85. The van der Waals surface area contributed by atoms with E-state index in [1.165, 1.54) is 25.7 Å². The second-order valence-corrected chi connectivity index (χ2v) is 5.74. The Kier molecular flexibility index (Phi) is 3.55. The molecule has 5 nitrogen and oxygen atoms in total. The first-order valence-corrected chi connectivity index (χ1v) is 7.20. The van der Waals surface area contributed by atoms with Crippen molar-refractivity contribution in [3.05, 3.63) is 18.7 Å². The summed E-state index contributed by atoms with van der Waals surface area (Å²) in [6, 6.07) is 0.204. The smallest absolute Gasteiger partial charge is 0.320 e. The number of aromatic nitrogens is 2. The number of hydrogen-bond donors (Lipinski definition) is 1. The van der Waals surface area contributed by atoms with Crippen molar-refractivity contribution < 1.29 is 9.90 Å². The van der Waals surface area contributed by atoms with Crippen LogP contribution >= 0.6 is 0 Å². The van der Waals surface area contributed by atoms with Crippen LogP contribution in [0.25, 0.3) is 0 Å². The lowest BCUT2D eigenvalue weighted by molar-refractivity contribution is -0.142. The lowest BCUT2D eigenvalue weighted by Gasteiger charge is -2.32. The quantitative estimate of drug-likeness (QED) is 0.896. The maximum absolute atomic E-state index is 11.5. The molecule has 5 heteroatoms. The van der Waals surface area contributed by atoms with Gasteiger partial charge in [-0.3, -0.25) is 9.69 Å². The third-order valence-corrected chi connectivity index (χ3v) is 4.68. The Balaban J connectivity index is 1.69. The van der Waals surface area contributed by atoms with Crippen LogP contribution in [0.15, 0.2) is 18.7 Å². The monoisotopic (exact) mass is 263 g/mol. The van der Waals surface area contributed by atoms with Gasteiger partial charge in [0, 0.05) is 31.5 Å². The summed E-state index contributed by atoms with van der Waals surface area (Å²) >= 11 is 0. The second kappa shape index (κ2) is 5.33. The molecule has 3 rings (SSSR count). The highest BCUT2D eigenvalue weighted by Gasteiger charge is 2.44. The number of carboxylic acids is 1. The Hall–Kier alpha value is -1.36. The van der Waals surface area contributed by atoms with E-state index in [9.17, 15) is 9.90 Å². The summed E-state index contributed by atoms with van der Waals surface area (Å²) in [5.74, 6) is -0.0577. The third-order valence-electron chi connectivity index (χ3n) is 4.68. The van der Waals surface area contributed by atoms with E-state index in [4.69, 9.17) is 0 Å². The highest BCUT2D eigenvalue weighted by Crippen LogP contribution is 2.39. The Labute approximate surface area is 113 Å². The van der Waals surface area contributed by atoms with Gasteiger partial charge in [0.2, 0.25) is 0 Å². The molecule has 1 aromatic heterocycles. The van der Waals surface area contributed by atoms with Gasteiger partial charge in [0.05, 0.1) is 6.33 Å². The Bertz CT molecular complexity index is 432. The van der Waals surface area contributed by atoms with E-state index in [0.717, 1.165) is 19.5 Å². The van der Waals surface area contributed by atoms with Crippen LogP contribution in [0.3, 0.4) is 0 Å². The fourth-order valence-corrected chi connectivity index (χ4v) is 3.77. The van der Waals surface area contributed by atoms with Crippen molar-refractivity contribution in [2.24, 2.45) is 5.92 Å². The van der Waals surface area contributed by atoms with Crippen molar-refractivity contribution in [3.63, 3.8) is 0 Å². The number of carboxylic acid groups (broad SMARTS) is 1. The van der Waals surface area contributed by atoms with Gasteiger partial charge < -0.3 is 9.67 Å². The predicted octanol–water partition coefficient (Wildman–Crippen LogP) is 1.60. The summed E-state index contributed by atoms with van der Waals surface area (Å²) in [4.78, 5) is 17.7. The summed E-state index contributed by atoms with van der Waals surface area (Å²) in [5.41, 5.74) is 0. The van der Waals surface area contributed by atoms with Gasteiger partial charge in [0.1, 0.15) is 6.04 Å². The molecule has 2 aliphatic rings. The summed E-state index contributed by atoms with van der Waals surface area (Å²) in [6.45, 7) is 1.64. The molecule has 1 aliphatic heterocycles. The van der Waals surface area contributed by atoms with Crippen molar-refractivity contribution in [1.82, 2.24) is 14.5 Å². The molecule has 0 amide bonds. The van der Waals surface area contributed by atoms with Gasteiger partial charge >= 0.3 is 5.97 Å². The Morgan fingerprint density at radius 1 is 1.32 bits per heavy atom. The van der Waals surface area contributed by atoms with Gasteiger partial charge in [-0.25, -0.2) is 4.98 Å². The fraction of sp³-hybridized carbons (Fsp3) is 0.714. The highest BCUT2D eigenvalue weighted by atomic mass is 16.4. The molecule has 0 bridgehead atoms. The fourth-order valence-electron chi connectivity index (χ4n) is 3.77. The molecule has 1 aliphatic carbocycles. The first kappa shape index (κ1) is 12.7. The predicted molar refractivity (Wildman–Crippen MR) is 70.7 cm³/mol. The molecule has 1 saturated heterocycles. The van der Waals surface area contributed by atoms with Gasteiger partial charge in [-0.15, -0.1) is 0 Å². The van der Waals surface area contributed by atoms with Crippen molar-refractivity contribution in [3.8, 4) is 0 Å². The number of rotatable bonds is 4. The van der Waals surface area contributed by atoms with Crippen LogP contribution in [0.1, 0.15) is 32.1 Å². The number of likely N-dealkylation sites (tertiary alicyclic amines) is 1. The molecule has 2 heterocycles. The maximum Gasteiger partial charge on any atom is 0.320 e. The average Bonchev–Trinajstić information content (AvgIpc) is 3.03. The molecular weight excluding hydrogens is 242 g/mol. The lowest BCUT2D eigenvalue weighted by Crippen LogP contribution is -2.43. The average molecular weight is 263 g/mol. The van der Waals surface area contributed by atoms with E-state index < -0.39 is 5.97 Å². The van der Waals surface area contributed by atoms with Crippen LogP contribution in [-0.4, -0.2) is 44.2 Å². The van der Waals surface area contributed by atoms with E-state index in [-0.39, 0.29) is 6.04 Å². The standard InChI is InChI=1S/C14H21N3O2/c18-14(19)13-9-11-3-1-2-4-12(11)17(13)8-7-16-6-5-15-10-16/h5-6,10-13H,1-4,7-9H2,(H,18,19). The van der Waals surface area contributed by atoms with E-state index in [1.807, 2.05) is 10.8 Å². The molecule has 0 spiro atoms. The molecule has 1 aromatic rings. The van der Waals surface area contributed by atoms with Gasteiger partial charge in [0.15, 0.2) is 0 Å². The van der Waals surface area contributed by atoms with E-state index in [2.05, 4.69) is 9.88 Å². The van der Waals surface area contributed by atoms with Gasteiger partial charge in [-0.05, 0) is 25.2 Å². The molecule has 1 saturated carbocycles. The number of carbonyl (C=O) groups is 1. The second-order valence-electron chi connectivity index (χ2n) is 5.74. The molecule has 3 unspecified atom stereocenters. The Morgan fingerprint density at radius 2 is 2.16 bits per heavy atom. The van der Waals surface area contributed by atoms with Crippen LogP contribution in [0, 0.1) is 5.92 Å². The number of fused-ring (bicyclic) bond motifs is 1. The molecule has 3 atom stereocenters. The molecule has 104 valence electrons. The maximum atomic E-state index is 11.5. The van der Waals surface area contributed by atoms with Crippen LogP contribution in [0.4, 0.5) is 0 Å². The van der Waals surface area contributed by atoms with E-state index in [0.29, 0.717) is 12.0 Å². The first-order valence-electron chi connectivity index (χ1n) is 7.20. The molecular formula is C14H21N3O2. The normalized spacial score (nSPS) is 31.3. The van der Waals surface area contributed by atoms with E-state index in [1.54, 1.807) is 12.5 Å². The zero-order valence-electron chi connectivity index (χ0n) is 11.1. The number of hydrogen-bond acceptors (Lipinski definition) is 3. The first-order chi connectivity index (χ1) is 9.25. The molecule has 2 fully saturated rings. The van der Waals surface area contributed by atoms with E-state index >= 15 is 0 Å². The van der Waals surface area contributed by atoms with Crippen molar-refractivity contribution >= 4 is 5.97 Å². The summed E-state index contributed by atoms with van der Waals surface area (Å²) in [6.07, 6.45) is 11.2. The number of aliphatic carboxylic acids is 1. The largest absolute Gasteiger partial charge is 0.480 e. The summed E-state index contributed by atoms with van der Waals surface area (Å²) in [5, 5.41) is 9.43. The zero-order valence-corrected chi connectivity index (χ0v) is 11.1. The van der Waals surface area contributed by atoms with Crippen LogP contribution < -0.4 is 0 Å². The summed E-state index contributed by atoms with van der Waals surface area (Å²) in [7, 11) is 0. The highest BCUT2D eigenvalue weighted by molar-refractivity contribution is 5.74. The third kappa shape index (κ3) is 2.52. The topological polar surface area (TPSA) is 58.4 Å². The van der Waals surface area contributed by atoms with Crippen LogP contribution in [0.2, 0.25) is 0 Å². The van der Waals surface area contributed by atoms with Crippen molar-refractivity contribution in [2.45, 2.75) is 50.7 Å². The van der Waals surface area contributed by atoms with Crippen LogP contribution in [-0.2, 0) is 11.3 Å². The number of nitrogens with zero attached hydrogens (tertiary/aromatic N) is 3. The van der Waals surface area contributed by atoms with Crippen molar-refractivity contribution in [2.75, 3.05) is 6.54 Å². The van der Waals surface area contributed by atoms with Gasteiger partial charge in [0.25, 0.3) is 0 Å². The minimum Gasteiger partial charge on any atom is -0.480 e. The molecule has 19 heavy (non-hydrogen) atoms. The minimum absolute atomic E-state index is 0.281. The molecule has 0 radical (unpaired) electrons. The zero-order chi connectivity index (χ0) is 13.2. The minimum atomic E-state index is -0.653. The van der Waals surface area contributed by atoms with Crippen molar-refractivity contribution in [1.29, 1.82) is 0 Å². The molecule has 0 aromatic carbocycles. The molecule has 1 N–H and O–H groups in total. The Morgan fingerprint density at radius 3 is 2.89 bits per heavy atom. The van der Waals surface area contributed by atoms with Gasteiger partial charge in [-0.2, -0.15) is 0 Å². The van der Waals surface area contributed by atoms with Gasteiger partial charge in [-0.1, -0.05) is 12.8 Å². The SMILES string of the molecule is O=C(O)C1CC2CCCCC2N1CCn1ccnc1. The van der Waals surface area contributed by atoms with Crippen LogP contribution in [0.5, 0.6) is 0 Å².